The van der Waals surface area contributed by atoms with Crippen LogP contribution in [0.4, 0.5) is 33.3 Å². The first-order chi connectivity index (χ1) is 21.8. The molecule has 4 N–H and O–H groups in total. The maximum Gasteiger partial charge on any atom is 0.453 e. The molecule has 0 radical (unpaired) electrons. The molecule has 1 saturated carbocycles. The maximum atomic E-state index is 13.1. The molecule has 0 amide bonds. The van der Waals surface area contributed by atoms with Crippen LogP contribution in [0.15, 0.2) is 48.5 Å². The minimum absolute atomic E-state index is 0.136. The first kappa shape index (κ1) is 36.6. The van der Waals surface area contributed by atoms with E-state index in [9.17, 15) is 31.5 Å². The van der Waals surface area contributed by atoms with Crippen LogP contribution in [0, 0.1) is 11.8 Å². The van der Waals surface area contributed by atoms with E-state index in [1.54, 1.807) is 24.3 Å². The number of rotatable bonds is 17. The molecule has 0 aliphatic heterocycles. The molecule has 0 spiro atoms. The van der Waals surface area contributed by atoms with Crippen molar-refractivity contribution in [1.29, 1.82) is 0 Å². The fraction of sp³-hybridized carbons (Fsp3) is 0.529. The summed E-state index contributed by atoms with van der Waals surface area (Å²) in [5.41, 5.74) is 13.3. The van der Waals surface area contributed by atoms with Crippen LogP contribution >= 0.6 is 0 Å². The van der Waals surface area contributed by atoms with E-state index < -0.39 is 30.5 Å². The molecule has 0 bridgehead atoms. The summed E-state index contributed by atoms with van der Waals surface area (Å²) < 4.78 is 79.5. The average molecular weight is 655 g/mol. The van der Waals surface area contributed by atoms with Crippen molar-refractivity contribution in [2.75, 3.05) is 31.3 Å². The van der Waals surface area contributed by atoms with E-state index in [0.717, 1.165) is 44.1 Å². The lowest BCUT2D eigenvalue weighted by Crippen LogP contribution is -2.36. The van der Waals surface area contributed by atoms with Gasteiger partial charge in [0.15, 0.2) is 0 Å². The summed E-state index contributed by atoms with van der Waals surface area (Å²) in [4.78, 5) is 24.1. The first-order valence-corrected chi connectivity index (χ1v) is 15.7. The Kier molecular flexibility index (Phi) is 14.1. The molecule has 0 saturated heterocycles. The van der Waals surface area contributed by atoms with Gasteiger partial charge in [-0.05, 0) is 98.8 Å². The monoisotopic (exact) mass is 654 g/mol. The number of unbranched alkanes of at least 4 members (excludes halogenated alkanes) is 3. The molecule has 12 heteroatoms. The normalized spacial score (nSPS) is 17.2. The highest BCUT2D eigenvalue weighted by atomic mass is 19.4. The van der Waals surface area contributed by atoms with Crippen molar-refractivity contribution >= 4 is 29.4 Å². The van der Waals surface area contributed by atoms with E-state index in [1.807, 2.05) is 12.1 Å². The second-order valence-corrected chi connectivity index (χ2v) is 11.8. The predicted molar refractivity (Wildman–Crippen MR) is 166 cm³/mol. The molecule has 1 fully saturated rings. The highest BCUT2D eigenvalue weighted by Gasteiger charge is 2.56. The van der Waals surface area contributed by atoms with Crippen LogP contribution in [0.1, 0.15) is 86.6 Å². The molecule has 0 heterocycles. The first-order valence-electron chi connectivity index (χ1n) is 15.7. The Balaban J connectivity index is 1.21. The summed E-state index contributed by atoms with van der Waals surface area (Å²) in [5.74, 6) is -4.38. The second-order valence-electron chi connectivity index (χ2n) is 11.8. The zero-order chi connectivity index (χ0) is 33.6. The molecule has 46 heavy (non-hydrogen) atoms. The number of nitrogen functional groups attached to an aromatic ring is 2. The molecule has 0 unspecified atom stereocenters. The van der Waals surface area contributed by atoms with Crippen LogP contribution in [0.2, 0.25) is 0 Å². The van der Waals surface area contributed by atoms with Crippen molar-refractivity contribution in [3.63, 3.8) is 0 Å². The number of alkyl halides is 5. The van der Waals surface area contributed by atoms with Gasteiger partial charge in [-0.3, -0.25) is 0 Å². The smallest absolute Gasteiger partial charge is 0.453 e. The Morgan fingerprint density at radius 3 is 1.98 bits per heavy atom. The molecule has 3 rings (SSSR count). The molecule has 7 nitrogen and oxygen atoms in total. The number of anilines is 2. The molecule has 254 valence electrons. The molecule has 2 aromatic rings. The van der Waals surface area contributed by atoms with Gasteiger partial charge in [-0.2, -0.15) is 22.0 Å². The number of ether oxygens (including phenoxy) is 3. The van der Waals surface area contributed by atoms with Gasteiger partial charge in [-0.1, -0.05) is 31.4 Å². The van der Waals surface area contributed by atoms with E-state index in [2.05, 4.69) is 0 Å². The zero-order valence-electron chi connectivity index (χ0n) is 25.8. The van der Waals surface area contributed by atoms with E-state index in [4.69, 9.17) is 25.7 Å². The molecule has 2 aromatic carbocycles. The van der Waals surface area contributed by atoms with Crippen molar-refractivity contribution in [2.24, 2.45) is 11.8 Å². The quantitative estimate of drug-likeness (QED) is 0.0579. The molecule has 0 atom stereocenters. The number of nitrogens with two attached hydrogens (primary N) is 2. The van der Waals surface area contributed by atoms with Gasteiger partial charge in [0.2, 0.25) is 0 Å². The fourth-order valence-electron chi connectivity index (χ4n) is 5.32. The number of benzene rings is 2. The van der Waals surface area contributed by atoms with Gasteiger partial charge in [0.25, 0.3) is 0 Å². The summed E-state index contributed by atoms with van der Waals surface area (Å²) >= 11 is 0. The summed E-state index contributed by atoms with van der Waals surface area (Å²) in [7, 11) is 0. The maximum absolute atomic E-state index is 13.1. The SMILES string of the molecule is Nc1cc(N)cc(C(=O)OCCCCCCOC(=O)/C=C/c2ccc(OCC3CCC(CCCC(F)(F)C(F)(F)F)CC3)cc2)c1. The van der Waals surface area contributed by atoms with Gasteiger partial charge in [0, 0.05) is 23.9 Å². The Hall–Kier alpha value is -3.83. The van der Waals surface area contributed by atoms with E-state index in [1.165, 1.54) is 18.2 Å². The van der Waals surface area contributed by atoms with E-state index in [-0.39, 0.29) is 25.6 Å². The molecular weight excluding hydrogens is 611 g/mol. The summed E-state index contributed by atoms with van der Waals surface area (Å²) in [6, 6.07) is 11.8. The minimum Gasteiger partial charge on any atom is -0.493 e. The fourth-order valence-corrected chi connectivity index (χ4v) is 5.32. The highest BCUT2D eigenvalue weighted by molar-refractivity contribution is 5.91. The minimum atomic E-state index is -5.48. The lowest BCUT2D eigenvalue weighted by molar-refractivity contribution is -0.284. The lowest BCUT2D eigenvalue weighted by atomic mass is 9.80. The van der Waals surface area contributed by atoms with Gasteiger partial charge in [0.1, 0.15) is 5.75 Å². The average Bonchev–Trinajstić information content (AvgIpc) is 3.00. The molecular formula is C34H43F5N2O5. The molecule has 1 aliphatic rings. The Labute approximate surface area is 266 Å². The van der Waals surface area contributed by atoms with Gasteiger partial charge in [-0.15, -0.1) is 0 Å². The van der Waals surface area contributed by atoms with E-state index in [0.29, 0.717) is 54.5 Å². The number of halogens is 5. The van der Waals surface area contributed by atoms with Crippen molar-refractivity contribution in [3.05, 3.63) is 59.7 Å². The standard InChI is InChI=1S/C34H43F5N2O5/c35-33(36,34(37,38)39)17-5-6-24-7-9-26(10-8-24)23-46-30-14-11-25(12-15-30)13-16-31(42)44-18-3-1-2-4-19-45-32(43)27-20-28(40)22-29(41)21-27/h11-16,20-22,24,26H,1-10,17-19,23,40-41H2/b16-13+. The number of esters is 2. The number of hydrogen-bond acceptors (Lipinski definition) is 7. The third kappa shape index (κ3) is 12.9. The van der Waals surface area contributed by atoms with Crippen LogP contribution in [0.3, 0.4) is 0 Å². The van der Waals surface area contributed by atoms with Gasteiger partial charge >= 0.3 is 24.0 Å². The topological polar surface area (TPSA) is 114 Å². The third-order valence-electron chi connectivity index (χ3n) is 7.99. The van der Waals surface area contributed by atoms with Crippen LogP contribution in [-0.4, -0.2) is 43.9 Å². The van der Waals surface area contributed by atoms with Crippen molar-refractivity contribution < 1.29 is 45.8 Å². The van der Waals surface area contributed by atoms with Crippen LogP contribution in [0.5, 0.6) is 5.75 Å². The predicted octanol–water partition coefficient (Wildman–Crippen LogP) is 8.38. The lowest BCUT2D eigenvalue weighted by Gasteiger charge is -2.29. The van der Waals surface area contributed by atoms with Crippen molar-refractivity contribution in [3.8, 4) is 5.75 Å². The van der Waals surface area contributed by atoms with Gasteiger partial charge < -0.3 is 25.7 Å². The zero-order valence-corrected chi connectivity index (χ0v) is 25.8. The second kappa shape index (κ2) is 17.8. The number of hydrogen-bond donors (Lipinski definition) is 2. The Bertz CT molecular complexity index is 1260. The molecule has 0 aromatic heterocycles. The van der Waals surface area contributed by atoms with Crippen LogP contribution in [0.25, 0.3) is 6.08 Å². The van der Waals surface area contributed by atoms with E-state index >= 15 is 0 Å². The van der Waals surface area contributed by atoms with Crippen LogP contribution in [-0.2, 0) is 14.3 Å². The van der Waals surface area contributed by atoms with Crippen LogP contribution < -0.4 is 16.2 Å². The summed E-state index contributed by atoms with van der Waals surface area (Å²) in [5, 5.41) is 0. The Morgan fingerprint density at radius 1 is 0.783 bits per heavy atom. The molecule has 1 aliphatic carbocycles. The Morgan fingerprint density at radius 2 is 1.37 bits per heavy atom. The number of carbonyl (C=O) groups excluding carboxylic acids is 2. The van der Waals surface area contributed by atoms with Crippen molar-refractivity contribution in [1.82, 2.24) is 0 Å². The largest absolute Gasteiger partial charge is 0.493 e. The number of carbonyl (C=O) groups is 2. The van der Waals surface area contributed by atoms with Crippen molar-refractivity contribution in [2.45, 2.75) is 82.7 Å². The summed E-state index contributed by atoms with van der Waals surface area (Å²) in [6.45, 7) is 1.06. The summed E-state index contributed by atoms with van der Waals surface area (Å²) in [6.07, 6.45) is 2.91. The van der Waals surface area contributed by atoms with Gasteiger partial charge in [0.05, 0.1) is 25.4 Å². The third-order valence-corrected chi connectivity index (χ3v) is 7.99. The highest BCUT2D eigenvalue weighted by Crippen LogP contribution is 2.40. The van der Waals surface area contributed by atoms with Gasteiger partial charge in [-0.25, -0.2) is 9.59 Å².